The maximum Gasteiger partial charge on any atom is 0.167 e. The number of aryl methyl sites for hydroxylation is 1. The predicted octanol–water partition coefficient (Wildman–Crippen LogP) is 0.745. The lowest BCUT2D eigenvalue weighted by Gasteiger charge is -2.06. The van der Waals surface area contributed by atoms with E-state index in [0.717, 1.165) is 18.5 Å². The molecule has 4 heteroatoms. The second kappa shape index (κ2) is 3.92. The van der Waals surface area contributed by atoms with Crippen LogP contribution >= 0.6 is 0 Å². The van der Waals surface area contributed by atoms with E-state index in [2.05, 4.69) is 10.4 Å². The highest BCUT2D eigenvalue weighted by molar-refractivity contribution is 5.95. The Morgan fingerprint density at radius 2 is 2.64 bits per heavy atom. The van der Waals surface area contributed by atoms with Gasteiger partial charge in [0, 0.05) is 25.7 Å². The smallest absolute Gasteiger partial charge is 0.167 e. The highest BCUT2D eigenvalue weighted by atomic mass is 16.1. The molecule has 2 heterocycles. The average molecular weight is 193 g/mol. The average Bonchev–Trinajstić information content (AvgIpc) is 2.75. The normalized spacial score (nSPS) is 21.4. The van der Waals surface area contributed by atoms with Crippen molar-refractivity contribution in [2.75, 3.05) is 6.54 Å². The summed E-state index contributed by atoms with van der Waals surface area (Å²) in [7, 11) is 1.82. The van der Waals surface area contributed by atoms with Crippen LogP contribution in [0, 0.1) is 0 Å². The third kappa shape index (κ3) is 2.01. The summed E-state index contributed by atoms with van der Waals surface area (Å²) in [5.41, 5.74) is 0.723. The predicted molar refractivity (Wildman–Crippen MR) is 53.2 cm³/mol. The van der Waals surface area contributed by atoms with Gasteiger partial charge in [0.2, 0.25) is 0 Å². The van der Waals surface area contributed by atoms with Gasteiger partial charge in [-0.25, -0.2) is 0 Å². The number of carbonyl (C=O) groups is 1. The lowest BCUT2D eigenvalue weighted by molar-refractivity contribution is 0.0971. The standard InChI is InChI=1S/C10H15N3O/c1-13-7-8(6-12-13)10(14)5-9-3-2-4-11-9/h6-7,9,11H,2-5H2,1H3. The van der Waals surface area contributed by atoms with Crippen LogP contribution in [0.2, 0.25) is 0 Å². The Morgan fingerprint density at radius 3 is 3.21 bits per heavy atom. The van der Waals surface area contributed by atoms with Crippen molar-refractivity contribution in [3.63, 3.8) is 0 Å². The summed E-state index contributed by atoms with van der Waals surface area (Å²) in [4.78, 5) is 11.7. The Balaban J connectivity index is 1.95. The zero-order valence-corrected chi connectivity index (χ0v) is 8.36. The first-order valence-electron chi connectivity index (χ1n) is 5.01. The first kappa shape index (κ1) is 9.40. The number of hydrogen-bond donors (Lipinski definition) is 1. The van der Waals surface area contributed by atoms with Gasteiger partial charge in [0.05, 0.1) is 11.8 Å². The number of nitrogens with one attached hydrogen (secondary N) is 1. The van der Waals surface area contributed by atoms with Crippen molar-refractivity contribution in [2.45, 2.75) is 25.3 Å². The van der Waals surface area contributed by atoms with Crippen LogP contribution in [0.15, 0.2) is 12.4 Å². The third-order valence-corrected chi connectivity index (χ3v) is 2.62. The number of ketones is 1. The molecule has 1 fully saturated rings. The van der Waals surface area contributed by atoms with E-state index in [4.69, 9.17) is 0 Å². The van der Waals surface area contributed by atoms with Gasteiger partial charge in [-0.15, -0.1) is 0 Å². The molecule has 0 radical (unpaired) electrons. The van der Waals surface area contributed by atoms with E-state index in [-0.39, 0.29) is 5.78 Å². The van der Waals surface area contributed by atoms with Gasteiger partial charge in [0.15, 0.2) is 5.78 Å². The summed E-state index contributed by atoms with van der Waals surface area (Å²) in [5.74, 6) is 0.192. The monoisotopic (exact) mass is 193 g/mol. The van der Waals surface area contributed by atoms with Crippen LogP contribution in [-0.4, -0.2) is 28.2 Å². The fourth-order valence-corrected chi connectivity index (χ4v) is 1.84. The van der Waals surface area contributed by atoms with Crippen molar-refractivity contribution in [2.24, 2.45) is 7.05 Å². The van der Waals surface area contributed by atoms with Crippen LogP contribution in [-0.2, 0) is 7.05 Å². The molecule has 1 aliphatic rings. The van der Waals surface area contributed by atoms with E-state index in [1.165, 1.54) is 6.42 Å². The molecule has 2 rings (SSSR count). The van der Waals surface area contributed by atoms with Gasteiger partial charge in [-0.3, -0.25) is 9.48 Å². The molecular formula is C10H15N3O. The van der Waals surface area contributed by atoms with Crippen LogP contribution in [0.5, 0.6) is 0 Å². The summed E-state index contributed by atoms with van der Waals surface area (Å²) in [6.07, 6.45) is 6.32. The minimum atomic E-state index is 0.192. The summed E-state index contributed by atoms with van der Waals surface area (Å²) >= 11 is 0. The van der Waals surface area contributed by atoms with Crippen molar-refractivity contribution in [3.05, 3.63) is 18.0 Å². The molecule has 0 aromatic carbocycles. The van der Waals surface area contributed by atoms with E-state index >= 15 is 0 Å². The van der Waals surface area contributed by atoms with E-state index in [1.807, 2.05) is 7.05 Å². The molecule has 0 spiro atoms. The molecule has 14 heavy (non-hydrogen) atoms. The van der Waals surface area contributed by atoms with Gasteiger partial charge < -0.3 is 5.32 Å². The Labute approximate surface area is 83.3 Å². The fraction of sp³-hybridized carbons (Fsp3) is 0.600. The van der Waals surface area contributed by atoms with Crippen molar-refractivity contribution >= 4 is 5.78 Å². The number of nitrogens with zero attached hydrogens (tertiary/aromatic N) is 2. The van der Waals surface area contributed by atoms with Crippen LogP contribution in [0.3, 0.4) is 0 Å². The lowest BCUT2D eigenvalue weighted by Crippen LogP contribution is -2.24. The number of Topliss-reactive ketones (excluding diaryl/α,β-unsaturated/α-hetero) is 1. The molecule has 0 saturated carbocycles. The summed E-state index contributed by atoms with van der Waals surface area (Å²) < 4.78 is 1.66. The van der Waals surface area contributed by atoms with Crippen molar-refractivity contribution in [3.8, 4) is 0 Å². The second-order valence-electron chi connectivity index (χ2n) is 3.82. The third-order valence-electron chi connectivity index (χ3n) is 2.62. The second-order valence-corrected chi connectivity index (χ2v) is 3.82. The first-order chi connectivity index (χ1) is 6.75. The van der Waals surface area contributed by atoms with Crippen LogP contribution in [0.4, 0.5) is 0 Å². The highest BCUT2D eigenvalue weighted by Gasteiger charge is 2.19. The molecule has 1 aromatic rings. The Bertz CT molecular complexity index is 326. The van der Waals surface area contributed by atoms with Gasteiger partial charge in [-0.2, -0.15) is 5.10 Å². The van der Waals surface area contributed by atoms with Crippen molar-refractivity contribution < 1.29 is 4.79 Å². The molecule has 0 amide bonds. The first-order valence-corrected chi connectivity index (χ1v) is 5.01. The molecule has 76 valence electrons. The molecule has 1 N–H and O–H groups in total. The van der Waals surface area contributed by atoms with Crippen LogP contribution < -0.4 is 5.32 Å². The van der Waals surface area contributed by atoms with Gasteiger partial charge >= 0.3 is 0 Å². The quantitative estimate of drug-likeness (QED) is 0.720. The Hall–Kier alpha value is -1.16. The highest BCUT2D eigenvalue weighted by Crippen LogP contribution is 2.12. The molecule has 1 saturated heterocycles. The van der Waals surface area contributed by atoms with Crippen molar-refractivity contribution in [1.82, 2.24) is 15.1 Å². The molecule has 1 atom stereocenters. The van der Waals surface area contributed by atoms with E-state index in [0.29, 0.717) is 12.5 Å². The van der Waals surface area contributed by atoms with Gasteiger partial charge in [-0.1, -0.05) is 0 Å². The largest absolute Gasteiger partial charge is 0.314 e. The number of aromatic nitrogens is 2. The molecule has 1 aromatic heterocycles. The van der Waals surface area contributed by atoms with Crippen molar-refractivity contribution in [1.29, 1.82) is 0 Å². The Kier molecular flexibility index (Phi) is 2.63. The number of rotatable bonds is 3. The summed E-state index contributed by atoms with van der Waals surface area (Å²) in [6, 6.07) is 0.378. The molecule has 4 nitrogen and oxygen atoms in total. The molecular weight excluding hydrogens is 178 g/mol. The zero-order chi connectivity index (χ0) is 9.97. The molecule has 1 unspecified atom stereocenters. The summed E-state index contributed by atoms with van der Waals surface area (Å²) in [6.45, 7) is 1.05. The maximum atomic E-state index is 11.7. The van der Waals surface area contributed by atoms with Crippen LogP contribution in [0.25, 0.3) is 0 Å². The SMILES string of the molecule is Cn1cc(C(=O)CC2CCCN2)cn1. The minimum absolute atomic E-state index is 0.192. The minimum Gasteiger partial charge on any atom is -0.314 e. The van der Waals surface area contributed by atoms with E-state index in [1.54, 1.807) is 17.1 Å². The van der Waals surface area contributed by atoms with Gasteiger partial charge in [-0.05, 0) is 19.4 Å². The molecule has 0 bridgehead atoms. The fourth-order valence-electron chi connectivity index (χ4n) is 1.84. The van der Waals surface area contributed by atoms with E-state index < -0.39 is 0 Å². The summed E-state index contributed by atoms with van der Waals surface area (Å²) in [5, 5.41) is 7.30. The maximum absolute atomic E-state index is 11.7. The van der Waals surface area contributed by atoms with Gasteiger partial charge in [0.25, 0.3) is 0 Å². The molecule has 1 aliphatic heterocycles. The number of hydrogen-bond acceptors (Lipinski definition) is 3. The Morgan fingerprint density at radius 1 is 1.79 bits per heavy atom. The molecule has 0 aliphatic carbocycles. The topological polar surface area (TPSA) is 46.9 Å². The number of carbonyl (C=O) groups excluding carboxylic acids is 1. The van der Waals surface area contributed by atoms with E-state index in [9.17, 15) is 4.79 Å². The van der Waals surface area contributed by atoms with Gasteiger partial charge in [0.1, 0.15) is 0 Å². The zero-order valence-electron chi connectivity index (χ0n) is 8.36. The lowest BCUT2D eigenvalue weighted by atomic mass is 10.1. The van der Waals surface area contributed by atoms with Crippen LogP contribution in [0.1, 0.15) is 29.6 Å².